The fourth-order valence-electron chi connectivity index (χ4n) is 2.09. The maximum absolute atomic E-state index is 13.4. The number of morpholine rings is 1. The van der Waals surface area contributed by atoms with Crippen LogP contribution in [0.1, 0.15) is 0 Å². The summed E-state index contributed by atoms with van der Waals surface area (Å²) in [5.74, 6) is 0.0306. The minimum atomic E-state index is -0.433. The van der Waals surface area contributed by atoms with Crippen LogP contribution >= 0.6 is 0 Å². The quantitative estimate of drug-likeness (QED) is 0.807. The Kier molecular flexibility index (Phi) is 6.37. The Bertz CT molecular complexity index is 626. The van der Waals surface area contributed by atoms with E-state index in [2.05, 4.69) is 10.2 Å². The second-order valence-electron chi connectivity index (χ2n) is 4.87. The molecule has 1 saturated heterocycles. The highest BCUT2D eigenvalue weighted by Crippen LogP contribution is 2.25. The number of hydrogen-bond acceptors (Lipinski definition) is 6. The maximum atomic E-state index is 13.4. The number of halogens is 1. The van der Waals surface area contributed by atoms with Crippen molar-refractivity contribution < 1.29 is 13.9 Å². The van der Waals surface area contributed by atoms with Crippen LogP contribution in [0.4, 0.5) is 10.1 Å². The SMILES string of the molecule is N#CC(C#N)=CNc1cc(F)ccc1OCCN1CCOCC1. The Morgan fingerprint density at radius 1 is 1.35 bits per heavy atom. The van der Waals surface area contributed by atoms with Crippen LogP contribution in [-0.2, 0) is 4.74 Å². The van der Waals surface area contributed by atoms with Crippen molar-refractivity contribution in [3.8, 4) is 17.9 Å². The molecule has 0 aliphatic carbocycles. The van der Waals surface area contributed by atoms with Gasteiger partial charge in [-0.15, -0.1) is 0 Å². The normalized spacial score (nSPS) is 14.4. The molecule has 1 aliphatic heterocycles. The van der Waals surface area contributed by atoms with E-state index < -0.39 is 5.82 Å². The van der Waals surface area contributed by atoms with Gasteiger partial charge in [-0.25, -0.2) is 4.39 Å². The van der Waals surface area contributed by atoms with Gasteiger partial charge in [0.25, 0.3) is 0 Å². The van der Waals surface area contributed by atoms with Crippen molar-refractivity contribution in [3.05, 3.63) is 35.8 Å². The molecule has 7 heteroatoms. The van der Waals surface area contributed by atoms with Gasteiger partial charge < -0.3 is 14.8 Å². The Hall–Kier alpha value is -2.61. The number of hydrogen-bond donors (Lipinski definition) is 1. The van der Waals surface area contributed by atoms with Crippen molar-refractivity contribution in [2.45, 2.75) is 0 Å². The lowest BCUT2D eigenvalue weighted by atomic mass is 10.2. The summed E-state index contributed by atoms with van der Waals surface area (Å²) in [7, 11) is 0. The van der Waals surface area contributed by atoms with Gasteiger partial charge in [0, 0.05) is 31.9 Å². The van der Waals surface area contributed by atoms with Crippen LogP contribution < -0.4 is 10.1 Å². The number of nitriles is 2. The first kappa shape index (κ1) is 16.8. The van der Waals surface area contributed by atoms with E-state index in [1.807, 2.05) is 0 Å². The van der Waals surface area contributed by atoms with Gasteiger partial charge in [-0.1, -0.05) is 0 Å². The van der Waals surface area contributed by atoms with Crippen LogP contribution in [0.2, 0.25) is 0 Å². The molecule has 1 heterocycles. The molecule has 0 aromatic heterocycles. The van der Waals surface area contributed by atoms with Crippen molar-refractivity contribution in [1.29, 1.82) is 10.5 Å². The number of rotatable bonds is 6. The summed E-state index contributed by atoms with van der Waals surface area (Å²) in [6.07, 6.45) is 1.23. The minimum absolute atomic E-state index is 0.103. The molecule has 1 N–H and O–H groups in total. The first-order valence-corrected chi connectivity index (χ1v) is 7.22. The second kappa shape index (κ2) is 8.74. The molecule has 1 aromatic carbocycles. The Morgan fingerprint density at radius 3 is 2.78 bits per heavy atom. The number of benzene rings is 1. The summed E-state index contributed by atoms with van der Waals surface area (Å²) in [6, 6.07) is 7.53. The zero-order chi connectivity index (χ0) is 16.5. The lowest BCUT2D eigenvalue weighted by Gasteiger charge is -2.26. The molecule has 1 fully saturated rings. The van der Waals surface area contributed by atoms with Crippen molar-refractivity contribution in [2.75, 3.05) is 44.8 Å². The number of nitrogens with one attached hydrogen (secondary N) is 1. The van der Waals surface area contributed by atoms with E-state index in [1.54, 1.807) is 12.1 Å². The maximum Gasteiger partial charge on any atom is 0.145 e. The molecule has 1 aromatic rings. The highest BCUT2D eigenvalue weighted by molar-refractivity contribution is 5.59. The molecule has 2 rings (SSSR count). The summed E-state index contributed by atoms with van der Waals surface area (Å²) < 4.78 is 24.3. The summed E-state index contributed by atoms with van der Waals surface area (Å²) in [5, 5.41) is 20.2. The van der Waals surface area contributed by atoms with Gasteiger partial charge in [0.2, 0.25) is 0 Å². The molecule has 0 saturated carbocycles. The average molecular weight is 316 g/mol. The average Bonchev–Trinajstić information content (AvgIpc) is 2.58. The highest BCUT2D eigenvalue weighted by Gasteiger charge is 2.11. The van der Waals surface area contributed by atoms with E-state index >= 15 is 0 Å². The lowest BCUT2D eigenvalue weighted by Crippen LogP contribution is -2.38. The predicted molar refractivity (Wildman–Crippen MR) is 82.1 cm³/mol. The zero-order valence-electron chi connectivity index (χ0n) is 12.6. The van der Waals surface area contributed by atoms with Crippen molar-refractivity contribution >= 4 is 5.69 Å². The molecule has 0 bridgehead atoms. The lowest BCUT2D eigenvalue weighted by molar-refractivity contribution is 0.0323. The Morgan fingerprint density at radius 2 is 2.09 bits per heavy atom. The van der Waals surface area contributed by atoms with Crippen LogP contribution in [0.5, 0.6) is 5.75 Å². The predicted octanol–water partition coefficient (Wildman–Crippen LogP) is 1.88. The largest absolute Gasteiger partial charge is 0.490 e. The third-order valence-corrected chi connectivity index (χ3v) is 3.32. The van der Waals surface area contributed by atoms with Gasteiger partial charge in [-0.2, -0.15) is 10.5 Å². The van der Waals surface area contributed by atoms with E-state index in [0.29, 0.717) is 18.0 Å². The molecular formula is C16H17FN4O2. The number of anilines is 1. The molecule has 23 heavy (non-hydrogen) atoms. The van der Waals surface area contributed by atoms with E-state index in [-0.39, 0.29) is 5.57 Å². The van der Waals surface area contributed by atoms with Gasteiger partial charge in [-0.3, -0.25) is 4.90 Å². The molecule has 0 radical (unpaired) electrons. The van der Waals surface area contributed by atoms with Crippen LogP contribution in [0, 0.1) is 28.5 Å². The van der Waals surface area contributed by atoms with Gasteiger partial charge >= 0.3 is 0 Å². The van der Waals surface area contributed by atoms with Gasteiger partial charge in [0.15, 0.2) is 0 Å². The van der Waals surface area contributed by atoms with Crippen molar-refractivity contribution in [2.24, 2.45) is 0 Å². The molecule has 6 nitrogen and oxygen atoms in total. The topological polar surface area (TPSA) is 81.3 Å². The van der Waals surface area contributed by atoms with Crippen LogP contribution in [0.25, 0.3) is 0 Å². The van der Waals surface area contributed by atoms with E-state index in [1.165, 1.54) is 24.4 Å². The minimum Gasteiger partial charge on any atom is -0.490 e. The Balaban J connectivity index is 1.96. The summed E-state index contributed by atoms with van der Waals surface area (Å²) >= 11 is 0. The van der Waals surface area contributed by atoms with Crippen LogP contribution in [0.3, 0.4) is 0 Å². The van der Waals surface area contributed by atoms with E-state index in [9.17, 15) is 4.39 Å². The highest BCUT2D eigenvalue weighted by atomic mass is 19.1. The fraction of sp³-hybridized carbons (Fsp3) is 0.375. The number of allylic oxidation sites excluding steroid dienone is 1. The number of nitrogens with zero attached hydrogens (tertiary/aromatic N) is 3. The summed E-state index contributed by atoms with van der Waals surface area (Å²) in [4.78, 5) is 2.23. The summed E-state index contributed by atoms with van der Waals surface area (Å²) in [6.45, 7) is 4.38. The molecule has 0 amide bonds. The first-order chi connectivity index (χ1) is 11.2. The van der Waals surface area contributed by atoms with Gasteiger partial charge in [-0.05, 0) is 12.1 Å². The fourth-order valence-corrected chi connectivity index (χ4v) is 2.09. The monoisotopic (exact) mass is 316 g/mol. The summed E-state index contributed by atoms with van der Waals surface area (Å²) in [5.41, 5.74) is 0.267. The molecule has 0 spiro atoms. The third-order valence-electron chi connectivity index (χ3n) is 3.32. The van der Waals surface area contributed by atoms with Crippen molar-refractivity contribution in [3.63, 3.8) is 0 Å². The molecule has 120 valence electrons. The van der Waals surface area contributed by atoms with Crippen LogP contribution in [-0.4, -0.2) is 44.4 Å². The number of ether oxygens (including phenoxy) is 2. The Labute approximate surface area is 134 Å². The smallest absolute Gasteiger partial charge is 0.145 e. The second-order valence-corrected chi connectivity index (χ2v) is 4.87. The molecular weight excluding hydrogens is 299 g/mol. The van der Waals surface area contributed by atoms with Crippen molar-refractivity contribution in [1.82, 2.24) is 4.90 Å². The van der Waals surface area contributed by atoms with Gasteiger partial charge in [0.1, 0.15) is 35.9 Å². The third kappa shape index (κ3) is 5.26. The van der Waals surface area contributed by atoms with Crippen LogP contribution in [0.15, 0.2) is 30.0 Å². The molecule has 0 atom stereocenters. The molecule has 1 aliphatic rings. The standard InChI is InChI=1S/C16H17FN4O2/c17-14-1-2-16(15(9-14)20-12-13(10-18)11-19)23-8-5-21-3-6-22-7-4-21/h1-2,9,12,20H,3-8H2. The first-order valence-electron chi connectivity index (χ1n) is 7.22. The van der Waals surface area contributed by atoms with E-state index in [4.69, 9.17) is 20.0 Å². The molecule has 0 unspecified atom stereocenters. The van der Waals surface area contributed by atoms with E-state index in [0.717, 1.165) is 32.8 Å². The zero-order valence-corrected chi connectivity index (χ0v) is 12.6. The van der Waals surface area contributed by atoms with Gasteiger partial charge in [0.05, 0.1) is 18.9 Å².